The fourth-order valence-electron chi connectivity index (χ4n) is 3.16. The number of nitrogens with zero attached hydrogens (tertiary/aromatic N) is 4. The van der Waals surface area contributed by atoms with Crippen molar-refractivity contribution in [1.82, 2.24) is 9.78 Å². The molecule has 146 valence electrons. The number of carbonyl (C=O) groups excluding carboxylic acids is 2. The third-order valence-electron chi connectivity index (χ3n) is 4.66. The third-order valence-corrected chi connectivity index (χ3v) is 4.66. The molecular weight excluding hydrogens is 374 g/mol. The maximum Gasteiger partial charge on any atom is 0.276 e. The zero-order valence-electron chi connectivity index (χ0n) is 15.3. The molecule has 1 aromatic heterocycles. The molecule has 9 heteroatoms. The van der Waals surface area contributed by atoms with Gasteiger partial charge in [0, 0.05) is 42.7 Å². The van der Waals surface area contributed by atoms with Crippen LogP contribution < -0.4 is 10.2 Å². The second-order valence-electron chi connectivity index (χ2n) is 6.57. The molecule has 2 amide bonds. The van der Waals surface area contributed by atoms with E-state index in [1.54, 1.807) is 53.6 Å². The number of anilines is 2. The van der Waals surface area contributed by atoms with Crippen LogP contribution in [0.25, 0.3) is 5.69 Å². The van der Waals surface area contributed by atoms with Gasteiger partial charge >= 0.3 is 0 Å². The molecule has 0 bridgehead atoms. The van der Waals surface area contributed by atoms with E-state index in [2.05, 4.69) is 10.4 Å². The Morgan fingerprint density at radius 3 is 2.34 bits per heavy atom. The summed E-state index contributed by atoms with van der Waals surface area (Å²) >= 11 is 0. The smallest absolute Gasteiger partial charge is 0.276 e. The molecule has 0 spiro atoms. The van der Waals surface area contributed by atoms with Crippen LogP contribution in [0.2, 0.25) is 0 Å². The topological polar surface area (TPSA) is 110 Å². The monoisotopic (exact) mass is 391 g/mol. The molecule has 2 aromatic carbocycles. The van der Waals surface area contributed by atoms with Crippen molar-refractivity contribution in [1.29, 1.82) is 0 Å². The molecule has 2 heterocycles. The number of benzene rings is 2. The Bertz CT molecular complexity index is 1070. The van der Waals surface area contributed by atoms with Gasteiger partial charge in [0.05, 0.1) is 10.6 Å². The minimum atomic E-state index is -0.476. The molecule has 0 unspecified atom stereocenters. The largest absolute Gasteiger partial charge is 0.321 e. The van der Waals surface area contributed by atoms with Crippen LogP contribution in [0.15, 0.2) is 60.8 Å². The van der Waals surface area contributed by atoms with Crippen LogP contribution in [0.1, 0.15) is 23.3 Å². The number of rotatable bonds is 5. The van der Waals surface area contributed by atoms with Crippen LogP contribution >= 0.6 is 0 Å². The molecule has 29 heavy (non-hydrogen) atoms. The first-order chi connectivity index (χ1) is 14.0. The lowest BCUT2D eigenvalue weighted by molar-refractivity contribution is -0.384. The minimum absolute atomic E-state index is 0.0158. The number of nitrogens with one attached hydrogen (secondary N) is 1. The molecule has 1 aliphatic rings. The summed E-state index contributed by atoms with van der Waals surface area (Å²) in [6, 6.07) is 14.5. The molecule has 1 N–H and O–H groups in total. The molecule has 1 aliphatic heterocycles. The number of hydrogen-bond donors (Lipinski definition) is 1. The van der Waals surface area contributed by atoms with Crippen molar-refractivity contribution < 1.29 is 14.5 Å². The number of hydrogen-bond acceptors (Lipinski definition) is 5. The summed E-state index contributed by atoms with van der Waals surface area (Å²) in [5.41, 5.74) is 2.21. The van der Waals surface area contributed by atoms with Crippen molar-refractivity contribution >= 4 is 28.9 Å². The van der Waals surface area contributed by atoms with E-state index in [1.165, 1.54) is 16.8 Å². The van der Waals surface area contributed by atoms with Gasteiger partial charge in [-0.25, -0.2) is 4.68 Å². The van der Waals surface area contributed by atoms with Gasteiger partial charge < -0.3 is 10.2 Å². The molecule has 0 radical (unpaired) electrons. The van der Waals surface area contributed by atoms with E-state index in [0.29, 0.717) is 24.3 Å². The highest BCUT2D eigenvalue weighted by molar-refractivity contribution is 6.03. The van der Waals surface area contributed by atoms with Gasteiger partial charge in [0.25, 0.3) is 11.6 Å². The van der Waals surface area contributed by atoms with E-state index in [4.69, 9.17) is 0 Å². The van der Waals surface area contributed by atoms with E-state index in [-0.39, 0.29) is 23.2 Å². The lowest BCUT2D eigenvalue weighted by atomic mass is 10.2. The van der Waals surface area contributed by atoms with Gasteiger partial charge in [0.2, 0.25) is 5.91 Å². The summed E-state index contributed by atoms with van der Waals surface area (Å²) < 4.78 is 1.47. The SMILES string of the molecule is O=C(Nc1ccc(N2CCCC2=O)cc1)c1ccn(-c2ccc([N+](=O)[O-])cc2)n1. The first-order valence-electron chi connectivity index (χ1n) is 9.03. The number of non-ortho nitro benzene ring substituents is 1. The molecule has 0 saturated carbocycles. The number of aromatic nitrogens is 2. The molecule has 0 aliphatic carbocycles. The van der Waals surface area contributed by atoms with E-state index in [0.717, 1.165) is 12.1 Å². The van der Waals surface area contributed by atoms with Crippen LogP contribution in [-0.4, -0.2) is 33.1 Å². The van der Waals surface area contributed by atoms with Gasteiger partial charge in [0.1, 0.15) is 0 Å². The van der Waals surface area contributed by atoms with Gasteiger partial charge in [-0.2, -0.15) is 5.10 Å². The molecule has 0 atom stereocenters. The van der Waals surface area contributed by atoms with Crippen molar-refractivity contribution in [3.8, 4) is 5.69 Å². The Labute approximate surface area is 165 Å². The lowest BCUT2D eigenvalue weighted by Gasteiger charge is -2.16. The first-order valence-corrected chi connectivity index (χ1v) is 9.03. The van der Waals surface area contributed by atoms with E-state index in [9.17, 15) is 19.7 Å². The van der Waals surface area contributed by atoms with Crippen molar-refractivity contribution in [3.63, 3.8) is 0 Å². The van der Waals surface area contributed by atoms with Gasteiger partial charge in [-0.1, -0.05) is 0 Å². The number of amides is 2. The van der Waals surface area contributed by atoms with Crippen molar-refractivity contribution in [3.05, 3.63) is 76.6 Å². The van der Waals surface area contributed by atoms with Crippen LogP contribution in [0.4, 0.5) is 17.1 Å². The molecular formula is C20H17N5O4. The van der Waals surface area contributed by atoms with Gasteiger partial charge in [-0.3, -0.25) is 19.7 Å². The van der Waals surface area contributed by atoms with E-state index >= 15 is 0 Å². The predicted octanol–water partition coefficient (Wildman–Crippen LogP) is 3.16. The fourth-order valence-corrected chi connectivity index (χ4v) is 3.16. The van der Waals surface area contributed by atoms with Crippen LogP contribution in [0.5, 0.6) is 0 Å². The zero-order valence-corrected chi connectivity index (χ0v) is 15.3. The van der Waals surface area contributed by atoms with Crippen LogP contribution in [-0.2, 0) is 4.79 Å². The van der Waals surface area contributed by atoms with Crippen molar-refractivity contribution in [2.24, 2.45) is 0 Å². The van der Waals surface area contributed by atoms with Gasteiger partial charge in [0.15, 0.2) is 5.69 Å². The number of nitro groups is 1. The Morgan fingerprint density at radius 2 is 1.72 bits per heavy atom. The molecule has 4 rings (SSSR count). The first kappa shape index (κ1) is 18.4. The fraction of sp³-hybridized carbons (Fsp3) is 0.150. The summed E-state index contributed by atoms with van der Waals surface area (Å²) in [6.07, 6.45) is 3.03. The van der Waals surface area contributed by atoms with E-state index in [1.807, 2.05) is 0 Å². The molecule has 9 nitrogen and oxygen atoms in total. The minimum Gasteiger partial charge on any atom is -0.321 e. The summed E-state index contributed by atoms with van der Waals surface area (Å²) in [6.45, 7) is 0.713. The molecule has 1 saturated heterocycles. The summed E-state index contributed by atoms with van der Waals surface area (Å²) in [4.78, 5) is 36.3. The average Bonchev–Trinajstić information content (AvgIpc) is 3.38. The number of nitro benzene ring substituents is 1. The third kappa shape index (κ3) is 3.84. The Morgan fingerprint density at radius 1 is 1.03 bits per heavy atom. The average molecular weight is 391 g/mol. The summed E-state index contributed by atoms with van der Waals surface area (Å²) in [7, 11) is 0. The highest BCUT2D eigenvalue weighted by Crippen LogP contribution is 2.23. The van der Waals surface area contributed by atoms with Crippen molar-refractivity contribution in [2.75, 3.05) is 16.8 Å². The maximum absolute atomic E-state index is 12.5. The Hall–Kier alpha value is -4.01. The highest BCUT2D eigenvalue weighted by atomic mass is 16.6. The zero-order chi connectivity index (χ0) is 20.4. The van der Waals surface area contributed by atoms with Crippen molar-refractivity contribution in [2.45, 2.75) is 12.8 Å². The Balaban J connectivity index is 1.44. The van der Waals surface area contributed by atoms with Crippen LogP contribution in [0, 0.1) is 10.1 Å². The summed E-state index contributed by atoms with van der Waals surface area (Å²) in [5, 5.41) is 17.7. The highest BCUT2D eigenvalue weighted by Gasteiger charge is 2.21. The predicted molar refractivity (Wildman–Crippen MR) is 106 cm³/mol. The summed E-state index contributed by atoms with van der Waals surface area (Å²) in [5.74, 6) is -0.269. The molecule has 1 fully saturated rings. The Kier molecular flexibility index (Phi) is 4.78. The van der Waals surface area contributed by atoms with E-state index < -0.39 is 4.92 Å². The molecule has 3 aromatic rings. The van der Waals surface area contributed by atoms with Gasteiger partial charge in [-0.05, 0) is 48.9 Å². The van der Waals surface area contributed by atoms with Gasteiger partial charge in [-0.15, -0.1) is 0 Å². The maximum atomic E-state index is 12.5. The number of carbonyl (C=O) groups is 2. The quantitative estimate of drug-likeness (QED) is 0.531. The lowest BCUT2D eigenvalue weighted by Crippen LogP contribution is -2.23. The second kappa shape index (κ2) is 7.55. The van der Waals surface area contributed by atoms with Crippen LogP contribution in [0.3, 0.4) is 0 Å². The second-order valence-corrected chi connectivity index (χ2v) is 6.57. The standard InChI is InChI=1S/C20H17N5O4/c26-19-2-1-12-23(19)15-5-3-14(4-6-15)21-20(27)18-11-13-24(22-18)16-7-9-17(10-8-16)25(28)29/h3-11,13H,1-2,12H2,(H,21,27). The normalized spacial score (nSPS) is 13.5.